The fourth-order valence-corrected chi connectivity index (χ4v) is 2.37. The molecule has 0 aliphatic rings. The van der Waals surface area contributed by atoms with E-state index in [1.54, 1.807) is 24.3 Å². The summed E-state index contributed by atoms with van der Waals surface area (Å²) in [6, 6.07) is 20.7. The number of benzene rings is 3. The highest BCUT2D eigenvalue weighted by Gasteiger charge is 2.29. The highest BCUT2D eigenvalue weighted by molar-refractivity contribution is 6.01. The number of ether oxygens (including phenoxy) is 1. The first-order valence-corrected chi connectivity index (χ1v) is 8.39. The number of para-hydroxylation sites is 1. The molecule has 0 saturated carbocycles. The maximum absolute atomic E-state index is 12.5. The molecule has 0 aromatic heterocycles. The Morgan fingerprint density at radius 1 is 0.821 bits per heavy atom. The molecule has 0 aliphatic carbocycles. The summed E-state index contributed by atoms with van der Waals surface area (Å²) in [6.45, 7) is 0. The molecule has 3 aromatic carbocycles. The lowest BCUT2D eigenvalue weighted by Gasteiger charge is -2.07. The van der Waals surface area contributed by atoms with E-state index in [-0.39, 0.29) is 0 Å². The van der Waals surface area contributed by atoms with Gasteiger partial charge in [0.1, 0.15) is 11.5 Å². The Labute approximate surface area is 160 Å². The van der Waals surface area contributed by atoms with Crippen molar-refractivity contribution in [1.29, 1.82) is 0 Å². The molecule has 142 valence electrons. The standard InChI is InChI=1S/C22H16F3NO2/c23-22(24,25)17-9-6-16(7-10-17)8-15-21(27)26-18-11-13-20(14-12-18)28-19-4-2-1-3-5-19/h1-15H,(H,26,27)/b15-8+. The summed E-state index contributed by atoms with van der Waals surface area (Å²) in [4.78, 5) is 12.0. The molecule has 6 heteroatoms. The summed E-state index contributed by atoms with van der Waals surface area (Å²) in [5.74, 6) is 0.944. The highest BCUT2D eigenvalue weighted by atomic mass is 19.4. The Morgan fingerprint density at radius 3 is 2.04 bits per heavy atom. The number of hydrogen-bond acceptors (Lipinski definition) is 2. The zero-order valence-electron chi connectivity index (χ0n) is 14.6. The van der Waals surface area contributed by atoms with E-state index < -0.39 is 17.6 Å². The van der Waals surface area contributed by atoms with Crippen LogP contribution in [0.1, 0.15) is 11.1 Å². The smallest absolute Gasteiger partial charge is 0.416 e. The second-order valence-corrected chi connectivity index (χ2v) is 5.88. The predicted octanol–water partition coefficient (Wildman–Crippen LogP) is 6.15. The lowest BCUT2D eigenvalue weighted by molar-refractivity contribution is -0.137. The van der Waals surface area contributed by atoms with Crippen LogP contribution in [0.3, 0.4) is 0 Å². The number of amides is 1. The molecule has 3 nitrogen and oxygen atoms in total. The first-order chi connectivity index (χ1) is 13.4. The third-order valence-electron chi connectivity index (χ3n) is 3.77. The highest BCUT2D eigenvalue weighted by Crippen LogP contribution is 2.29. The van der Waals surface area contributed by atoms with Crippen LogP contribution >= 0.6 is 0 Å². The Kier molecular flexibility index (Phi) is 5.79. The fraction of sp³-hybridized carbons (Fsp3) is 0.0455. The van der Waals surface area contributed by atoms with Crippen molar-refractivity contribution in [2.45, 2.75) is 6.18 Å². The van der Waals surface area contributed by atoms with Crippen LogP contribution in [-0.4, -0.2) is 5.91 Å². The van der Waals surface area contributed by atoms with Crippen LogP contribution in [0.2, 0.25) is 0 Å². The lowest BCUT2D eigenvalue weighted by Crippen LogP contribution is -2.07. The van der Waals surface area contributed by atoms with E-state index in [0.29, 0.717) is 22.7 Å². The summed E-state index contributed by atoms with van der Waals surface area (Å²) in [7, 11) is 0. The Hall–Kier alpha value is -3.54. The first kappa shape index (κ1) is 19.2. The SMILES string of the molecule is O=C(/C=C/c1ccc(C(F)(F)F)cc1)Nc1ccc(Oc2ccccc2)cc1. The Morgan fingerprint density at radius 2 is 1.43 bits per heavy atom. The summed E-state index contributed by atoms with van der Waals surface area (Å²) < 4.78 is 43.3. The number of carbonyl (C=O) groups excluding carboxylic acids is 1. The maximum atomic E-state index is 12.5. The van der Waals surface area contributed by atoms with E-state index in [1.165, 1.54) is 24.3 Å². The van der Waals surface area contributed by atoms with Crippen LogP contribution in [0.5, 0.6) is 11.5 Å². The minimum atomic E-state index is -4.38. The van der Waals surface area contributed by atoms with Gasteiger partial charge in [-0.3, -0.25) is 4.79 Å². The van der Waals surface area contributed by atoms with E-state index in [1.807, 2.05) is 30.3 Å². The molecule has 0 spiro atoms. The molecule has 0 fully saturated rings. The van der Waals surface area contributed by atoms with Crippen LogP contribution in [0.4, 0.5) is 18.9 Å². The number of alkyl halides is 3. The summed E-state index contributed by atoms with van der Waals surface area (Å²) in [5.41, 5.74) is 0.337. The van der Waals surface area contributed by atoms with Crippen LogP contribution in [0.25, 0.3) is 6.08 Å². The van der Waals surface area contributed by atoms with Gasteiger partial charge in [-0.1, -0.05) is 30.3 Å². The van der Waals surface area contributed by atoms with Gasteiger partial charge < -0.3 is 10.1 Å². The molecule has 0 atom stereocenters. The van der Waals surface area contributed by atoms with Crippen molar-refractivity contribution >= 4 is 17.7 Å². The Bertz CT molecular complexity index is 948. The van der Waals surface area contributed by atoms with Crippen molar-refractivity contribution in [3.8, 4) is 11.5 Å². The lowest BCUT2D eigenvalue weighted by atomic mass is 10.1. The topological polar surface area (TPSA) is 38.3 Å². The zero-order chi connectivity index (χ0) is 20.0. The molecule has 0 heterocycles. The van der Waals surface area contributed by atoms with Crippen molar-refractivity contribution in [1.82, 2.24) is 0 Å². The van der Waals surface area contributed by atoms with Gasteiger partial charge in [0.25, 0.3) is 0 Å². The van der Waals surface area contributed by atoms with Gasteiger partial charge in [0.2, 0.25) is 5.91 Å². The molecule has 0 radical (unpaired) electrons. The van der Waals surface area contributed by atoms with Gasteiger partial charge in [-0.25, -0.2) is 0 Å². The fourth-order valence-electron chi connectivity index (χ4n) is 2.37. The van der Waals surface area contributed by atoms with Crippen LogP contribution < -0.4 is 10.1 Å². The van der Waals surface area contributed by atoms with Crippen molar-refractivity contribution in [3.05, 3.63) is 96.1 Å². The minimum absolute atomic E-state index is 0.392. The first-order valence-electron chi connectivity index (χ1n) is 8.39. The van der Waals surface area contributed by atoms with Gasteiger partial charge in [0.15, 0.2) is 0 Å². The number of carbonyl (C=O) groups is 1. The molecule has 1 amide bonds. The summed E-state index contributed by atoms with van der Waals surface area (Å²) >= 11 is 0. The number of halogens is 3. The number of rotatable bonds is 5. The normalized spacial score (nSPS) is 11.4. The van der Waals surface area contributed by atoms with Gasteiger partial charge in [-0.05, 0) is 60.2 Å². The van der Waals surface area contributed by atoms with Gasteiger partial charge in [-0.15, -0.1) is 0 Å². The van der Waals surface area contributed by atoms with Crippen LogP contribution in [0, 0.1) is 0 Å². The minimum Gasteiger partial charge on any atom is -0.457 e. The monoisotopic (exact) mass is 383 g/mol. The second-order valence-electron chi connectivity index (χ2n) is 5.88. The van der Waals surface area contributed by atoms with Crippen molar-refractivity contribution in [2.75, 3.05) is 5.32 Å². The molecular formula is C22H16F3NO2. The summed E-state index contributed by atoms with van der Waals surface area (Å²) in [5, 5.41) is 2.68. The van der Waals surface area contributed by atoms with Crippen LogP contribution in [0.15, 0.2) is 84.9 Å². The van der Waals surface area contributed by atoms with E-state index >= 15 is 0 Å². The van der Waals surface area contributed by atoms with Gasteiger partial charge >= 0.3 is 6.18 Å². The average Bonchev–Trinajstić information content (AvgIpc) is 2.68. The molecule has 0 saturated heterocycles. The zero-order valence-corrected chi connectivity index (χ0v) is 14.6. The largest absolute Gasteiger partial charge is 0.457 e. The van der Waals surface area contributed by atoms with Crippen LogP contribution in [-0.2, 0) is 11.0 Å². The molecule has 3 aromatic rings. The molecule has 1 N–H and O–H groups in total. The van der Waals surface area contributed by atoms with Gasteiger partial charge in [0, 0.05) is 11.8 Å². The van der Waals surface area contributed by atoms with Crippen molar-refractivity contribution < 1.29 is 22.7 Å². The number of hydrogen-bond donors (Lipinski definition) is 1. The number of anilines is 1. The maximum Gasteiger partial charge on any atom is 0.416 e. The quantitative estimate of drug-likeness (QED) is 0.537. The van der Waals surface area contributed by atoms with Crippen molar-refractivity contribution in [2.24, 2.45) is 0 Å². The molecule has 3 rings (SSSR count). The van der Waals surface area contributed by atoms with Crippen molar-refractivity contribution in [3.63, 3.8) is 0 Å². The molecule has 0 bridgehead atoms. The number of nitrogens with one attached hydrogen (secondary N) is 1. The summed E-state index contributed by atoms with van der Waals surface area (Å²) in [6.07, 6.45) is -1.67. The van der Waals surface area contributed by atoms with E-state index in [0.717, 1.165) is 12.1 Å². The Balaban J connectivity index is 1.56. The predicted molar refractivity (Wildman–Crippen MR) is 102 cm³/mol. The van der Waals surface area contributed by atoms with Gasteiger partial charge in [0.05, 0.1) is 5.56 Å². The molecule has 0 aliphatic heterocycles. The van der Waals surface area contributed by atoms with E-state index in [2.05, 4.69) is 5.32 Å². The molecule has 28 heavy (non-hydrogen) atoms. The second kappa shape index (κ2) is 8.43. The molecule has 0 unspecified atom stereocenters. The molecular weight excluding hydrogens is 367 g/mol. The third kappa shape index (κ3) is 5.48. The third-order valence-corrected chi connectivity index (χ3v) is 3.77. The van der Waals surface area contributed by atoms with Gasteiger partial charge in [-0.2, -0.15) is 13.2 Å². The van der Waals surface area contributed by atoms with E-state index in [4.69, 9.17) is 4.74 Å². The van der Waals surface area contributed by atoms with E-state index in [9.17, 15) is 18.0 Å². The average molecular weight is 383 g/mol.